The van der Waals surface area contributed by atoms with Crippen molar-refractivity contribution in [2.45, 2.75) is 65.0 Å². The summed E-state index contributed by atoms with van der Waals surface area (Å²) < 4.78 is 11.3. The normalized spacial score (nSPS) is 13.9. The van der Waals surface area contributed by atoms with Gasteiger partial charge in [-0.15, -0.1) is 0 Å². The molecule has 176 valence electrons. The lowest BCUT2D eigenvalue weighted by atomic mass is 10.1. The second-order valence-corrected chi connectivity index (χ2v) is 8.60. The molecule has 0 aliphatic carbocycles. The Bertz CT molecular complexity index is 916. The van der Waals surface area contributed by atoms with E-state index in [1.54, 1.807) is 7.11 Å². The van der Waals surface area contributed by atoms with Gasteiger partial charge in [0.1, 0.15) is 12.4 Å². The van der Waals surface area contributed by atoms with E-state index in [9.17, 15) is 4.79 Å². The summed E-state index contributed by atoms with van der Waals surface area (Å²) in [5.41, 5.74) is 3.10. The van der Waals surface area contributed by atoms with Gasteiger partial charge in [0, 0.05) is 12.1 Å². The third-order valence-corrected chi connectivity index (χ3v) is 5.94. The number of hydrogen-bond acceptors (Lipinski definition) is 3. The Labute approximate surface area is 198 Å². The minimum absolute atomic E-state index is 0.0408. The van der Waals surface area contributed by atoms with E-state index in [-0.39, 0.29) is 5.91 Å². The first-order chi connectivity index (χ1) is 16.2. The van der Waals surface area contributed by atoms with Crippen molar-refractivity contribution in [3.8, 4) is 5.75 Å². The first-order valence-corrected chi connectivity index (χ1v) is 12.2. The first-order valence-electron chi connectivity index (χ1n) is 12.2. The van der Waals surface area contributed by atoms with Crippen LogP contribution in [0.3, 0.4) is 0 Å². The molecule has 0 atom stereocenters. The van der Waals surface area contributed by atoms with Crippen molar-refractivity contribution in [2.75, 3.05) is 13.7 Å². The number of methoxy groups -OCH3 is 1. The molecule has 0 aromatic heterocycles. The molecule has 0 saturated carbocycles. The average molecular weight is 448 g/mol. The second kappa shape index (κ2) is 13.5. The predicted molar refractivity (Wildman–Crippen MR) is 134 cm³/mol. The van der Waals surface area contributed by atoms with Gasteiger partial charge in [-0.05, 0) is 36.1 Å². The third-order valence-electron chi connectivity index (χ3n) is 5.94. The highest BCUT2D eigenvalue weighted by Crippen LogP contribution is 2.25. The number of amides is 1. The standard InChI is InChI=1S/C29H37NO3/c1-3-4-5-6-7-8-9-13-16-26-22-30(21-24-17-19-27(32-2)20-18-24)29(31)28(26)33-23-25-14-11-10-12-15-25/h10-20H,3-9,21-23H2,1-2H3/b16-13+. The van der Waals surface area contributed by atoms with E-state index < -0.39 is 0 Å². The van der Waals surface area contributed by atoms with Crippen molar-refractivity contribution >= 4 is 5.91 Å². The maximum absolute atomic E-state index is 13.2. The fourth-order valence-corrected chi connectivity index (χ4v) is 3.99. The molecule has 0 spiro atoms. The topological polar surface area (TPSA) is 38.8 Å². The van der Waals surface area contributed by atoms with Crippen molar-refractivity contribution in [1.29, 1.82) is 0 Å². The number of benzene rings is 2. The molecule has 2 aromatic carbocycles. The molecule has 4 heteroatoms. The molecule has 3 rings (SSSR count). The fraction of sp³-hybridized carbons (Fsp3) is 0.414. The molecule has 4 nitrogen and oxygen atoms in total. The summed E-state index contributed by atoms with van der Waals surface area (Å²) in [6.07, 6.45) is 13.0. The largest absolute Gasteiger partial charge is 0.497 e. The van der Waals surface area contributed by atoms with Crippen LogP contribution in [0.2, 0.25) is 0 Å². The summed E-state index contributed by atoms with van der Waals surface area (Å²) in [6.45, 7) is 3.76. The van der Waals surface area contributed by atoms with Crippen molar-refractivity contribution in [2.24, 2.45) is 0 Å². The number of rotatable bonds is 14. The summed E-state index contributed by atoms with van der Waals surface area (Å²) in [6, 6.07) is 17.9. The molecule has 0 unspecified atom stereocenters. The summed E-state index contributed by atoms with van der Waals surface area (Å²) >= 11 is 0. The minimum atomic E-state index is -0.0408. The molecule has 0 N–H and O–H groups in total. The zero-order valence-electron chi connectivity index (χ0n) is 20.1. The molecular weight excluding hydrogens is 410 g/mol. The molecule has 0 saturated heterocycles. The van der Waals surface area contributed by atoms with Gasteiger partial charge >= 0.3 is 0 Å². The zero-order valence-corrected chi connectivity index (χ0v) is 20.1. The van der Waals surface area contributed by atoms with Crippen molar-refractivity contribution in [3.63, 3.8) is 0 Å². The van der Waals surface area contributed by atoms with E-state index in [0.29, 0.717) is 25.5 Å². The Balaban J connectivity index is 1.62. The quantitative estimate of drug-likeness (QED) is 0.298. The minimum Gasteiger partial charge on any atom is -0.497 e. The van der Waals surface area contributed by atoms with Crippen molar-refractivity contribution in [3.05, 3.63) is 89.2 Å². The summed E-state index contributed by atoms with van der Waals surface area (Å²) in [5, 5.41) is 0. The fourth-order valence-electron chi connectivity index (χ4n) is 3.99. The van der Waals surface area contributed by atoms with Crippen molar-refractivity contribution < 1.29 is 14.3 Å². The van der Waals surface area contributed by atoms with Gasteiger partial charge in [-0.25, -0.2) is 0 Å². The van der Waals surface area contributed by atoms with Crippen LogP contribution in [0.1, 0.15) is 63.0 Å². The molecule has 1 heterocycles. The van der Waals surface area contributed by atoms with E-state index in [1.165, 1.54) is 38.5 Å². The summed E-state index contributed by atoms with van der Waals surface area (Å²) in [5.74, 6) is 1.25. The maximum Gasteiger partial charge on any atom is 0.289 e. The highest BCUT2D eigenvalue weighted by atomic mass is 16.5. The van der Waals surface area contributed by atoms with E-state index in [0.717, 1.165) is 28.9 Å². The number of ether oxygens (including phenoxy) is 2. The highest BCUT2D eigenvalue weighted by molar-refractivity contribution is 5.95. The Morgan fingerprint density at radius 3 is 2.36 bits per heavy atom. The van der Waals surface area contributed by atoms with Crippen LogP contribution in [0, 0.1) is 0 Å². The van der Waals surface area contributed by atoms with E-state index in [4.69, 9.17) is 9.47 Å². The number of carbonyl (C=O) groups excluding carboxylic acids is 1. The van der Waals surface area contributed by atoms with E-state index in [2.05, 4.69) is 19.1 Å². The Kier molecular flexibility index (Phi) is 10.1. The Hall–Kier alpha value is -3.01. The van der Waals surface area contributed by atoms with E-state index in [1.807, 2.05) is 59.5 Å². The smallest absolute Gasteiger partial charge is 0.289 e. The Morgan fingerprint density at radius 2 is 1.64 bits per heavy atom. The van der Waals surface area contributed by atoms with Crippen LogP contribution in [0.15, 0.2) is 78.1 Å². The Morgan fingerprint density at radius 1 is 0.909 bits per heavy atom. The van der Waals surface area contributed by atoms with Crippen molar-refractivity contribution in [1.82, 2.24) is 4.90 Å². The molecular formula is C29H37NO3. The number of allylic oxidation sites excluding steroid dienone is 1. The van der Waals surface area contributed by atoms with Gasteiger partial charge in [0.05, 0.1) is 13.7 Å². The molecule has 2 aromatic rings. The van der Waals surface area contributed by atoms with Gasteiger partial charge in [0.25, 0.3) is 5.91 Å². The predicted octanol–water partition coefficient (Wildman–Crippen LogP) is 6.82. The molecule has 0 bridgehead atoms. The number of carbonyl (C=O) groups is 1. The number of hydrogen-bond donors (Lipinski definition) is 0. The third kappa shape index (κ3) is 7.81. The van der Waals surface area contributed by atoms with Crippen LogP contribution in [0.25, 0.3) is 0 Å². The van der Waals surface area contributed by atoms with Crippen LogP contribution >= 0.6 is 0 Å². The highest BCUT2D eigenvalue weighted by Gasteiger charge is 2.30. The van der Waals surface area contributed by atoms with Gasteiger partial charge in [0.15, 0.2) is 5.76 Å². The lowest BCUT2D eigenvalue weighted by Gasteiger charge is -2.17. The van der Waals surface area contributed by atoms with Crippen LogP contribution < -0.4 is 4.74 Å². The van der Waals surface area contributed by atoms with Crippen LogP contribution in [0.5, 0.6) is 5.75 Å². The maximum atomic E-state index is 13.2. The van der Waals surface area contributed by atoms with Crippen LogP contribution in [-0.2, 0) is 22.7 Å². The summed E-state index contributed by atoms with van der Waals surface area (Å²) in [4.78, 5) is 15.0. The zero-order chi connectivity index (χ0) is 23.3. The van der Waals surface area contributed by atoms with Gasteiger partial charge in [0.2, 0.25) is 0 Å². The monoisotopic (exact) mass is 447 g/mol. The molecule has 33 heavy (non-hydrogen) atoms. The lowest BCUT2D eigenvalue weighted by Crippen LogP contribution is -2.27. The average Bonchev–Trinajstić information content (AvgIpc) is 3.14. The SMILES string of the molecule is CCCCCCCC/C=C/C1=C(OCc2ccccc2)C(=O)N(Cc2ccc(OC)cc2)C1. The lowest BCUT2D eigenvalue weighted by molar-refractivity contribution is -0.129. The molecule has 0 fully saturated rings. The summed E-state index contributed by atoms with van der Waals surface area (Å²) in [7, 11) is 1.66. The van der Waals surface area contributed by atoms with Gasteiger partial charge < -0.3 is 14.4 Å². The molecule has 1 amide bonds. The number of unbranched alkanes of at least 4 members (excludes halogenated alkanes) is 6. The first kappa shape index (κ1) is 24.6. The van der Waals surface area contributed by atoms with Gasteiger partial charge in [-0.3, -0.25) is 4.79 Å². The molecule has 1 aliphatic rings. The number of nitrogens with zero attached hydrogens (tertiary/aromatic N) is 1. The molecule has 0 radical (unpaired) electrons. The van der Waals surface area contributed by atoms with Crippen LogP contribution in [-0.4, -0.2) is 24.5 Å². The molecule has 1 aliphatic heterocycles. The van der Waals surface area contributed by atoms with Gasteiger partial charge in [-0.2, -0.15) is 0 Å². The second-order valence-electron chi connectivity index (χ2n) is 8.60. The van der Waals surface area contributed by atoms with Crippen LogP contribution in [0.4, 0.5) is 0 Å². The van der Waals surface area contributed by atoms with Gasteiger partial charge in [-0.1, -0.05) is 93.6 Å². The van der Waals surface area contributed by atoms with E-state index >= 15 is 0 Å².